The Labute approximate surface area is 265 Å². The molecule has 1 aliphatic carbocycles. The molecule has 2 atom stereocenters. The summed E-state index contributed by atoms with van der Waals surface area (Å²) in [6.07, 6.45) is -2.56. The van der Waals surface area contributed by atoms with Gasteiger partial charge in [0.15, 0.2) is 0 Å². The zero-order chi connectivity index (χ0) is 31.8. The Balaban J connectivity index is 1.24. The van der Waals surface area contributed by atoms with Crippen LogP contribution in [0, 0.1) is 0 Å². The first kappa shape index (κ1) is 29.7. The molecule has 5 aromatic rings. The van der Waals surface area contributed by atoms with Gasteiger partial charge in [-0.15, -0.1) is 0 Å². The standard InChI is InChI=1S/C38H32F3N3O2/c39-38(40,41)37(46)44(24-26-18-20-42-34-17-9-8-12-29(26)34)27-19-21-43(28(23-27)22-25-10-2-1-3-11-25)36(45)35-32-15-6-4-13-30(32)31-14-5-7-16-33(31)35/h1-18,20,27-28,35H,19,21-24H2/t27-,28+/m0/s1. The second-order valence-corrected chi connectivity index (χ2v) is 12.1. The molecule has 1 saturated heterocycles. The van der Waals surface area contributed by atoms with E-state index >= 15 is 0 Å². The summed E-state index contributed by atoms with van der Waals surface area (Å²) in [4.78, 5) is 34.8. The number of amides is 2. The molecule has 0 radical (unpaired) electrons. The van der Waals surface area contributed by atoms with Gasteiger partial charge in [-0.2, -0.15) is 13.2 Å². The first-order valence-corrected chi connectivity index (χ1v) is 15.5. The molecule has 46 heavy (non-hydrogen) atoms. The van der Waals surface area contributed by atoms with Crippen LogP contribution in [0.25, 0.3) is 22.0 Å². The van der Waals surface area contributed by atoms with E-state index in [1.807, 2.05) is 102 Å². The van der Waals surface area contributed by atoms with Crippen LogP contribution in [0.1, 0.15) is 41.0 Å². The number of hydrogen-bond acceptors (Lipinski definition) is 3. The van der Waals surface area contributed by atoms with Gasteiger partial charge in [-0.25, -0.2) is 0 Å². The van der Waals surface area contributed by atoms with Crippen LogP contribution < -0.4 is 0 Å². The van der Waals surface area contributed by atoms with Crippen LogP contribution in [0.3, 0.4) is 0 Å². The number of para-hydroxylation sites is 1. The topological polar surface area (TPSA) is 53.5 Å². The van der Waals surface area contributed by atoms with Gasteiger partial charge in [0, 0.05) is 36.8 Å². The number of likely N-dealkylation sites (tertiary alicyclic amines) is 1. The van der Waals surface area contributed by atoms with Gasteiger partial charge in [-0.1, -0.05) is 97.1 Å². The van der Waals surface area contributed by atoms with Crippen molar-refractivity contribution in [1.29, 1.82) is 0 Å². The molecule has 0 N–H and O–H groups in total. The highest BCUT2D eigenvalue weighted by molar-refractivity contribution is 5.96. The van der Waals surface area contributed by atoms with Crippen LogP contribution in [0.15, 0.2) is 115 Å². The van der Waals surface area contributed by atoms with Crippen molar-refractivity contribution in [1.82, 2.24) is 14.8 Å². The molecule has 7 rings (SSSR count). The first-order valence-electron chi connectivity index (χ1n) is 15.5. The van der Waals surface area contributed by atoms with Gasteiger partial charge >= 0.3 is 12.1 Å². The average Bonchev–Trinajstić information content (AvgIpc) is 3.41. The highest BCUT2D eigenvalue weighted by Gasteiger charge is 2.47. The highest BCUT2D eigenvalue weighted by atomic mass is 19.4. The lowest BCUT2D eigenvalue weighted by molar-refractivity contribution is -0.190. The number of carbonyl (C=O) groups is 2. The maximum absolute atomic E-state index is 14.6. The highest BCUT2D eigenvalue weighted by Crippen LogP contribution is 2.46. The molecule has 232 valence electrons. The lowest BCUT2D eigenvalue weighted by Gasteiger charge is -2.44. The summed E-state index contributed by atoms with van der Waals surface area (Å²) in [5.74, 6) is -2.43. The van der Waals surface area contributed by atoms with Crippen molar-refractivity contribution in [3.05, 3.63) is 138 Å². The molecule has 8 heteroatoms. The molecule has 2 aliphatic rings. The third-order valence-electron chi connectivity index (χ3n) is 9.39. The van der Waals surface area contributed by atoms with Crippen molar-refractivity contribution in [2.24, 2.45) is 0 Å². The number of nitrogens with zero attached hydrogens (tertiary/aromatic N) is 3. The van der Waals surface area contributed by atoms with Gasteiger partial charge in [0.2, 0.25) is 5.91 Å². The number of fused-ring (bicyclic) bond motifs is 4. The summed E-state index contributed by atoms with van der Waals surface area (Å²) in [6, 6.07) is 33.3. The number of carbonyl (C=O) groups excluding carboxylic acids is 2. The van der Waals surface area contributed by atoms with Crippen LogP contribution >= 0.6 is 0 Å². The monoisotopic (exact) mass is 619 g/mol. The predicted molar refractivity (Wildman–Crippen MR) is 171 cm³/mol. The van der Waals surface area contributed by atoms with Crippen molar-refractivity contribution in [2.75, 3.05) is 6.54 Å². The van der Waals surface area contributed by atoms with E-state index in [1.54, 1.807) is 18.3 Å². The van der Waals surface area contributed by atoms with Gasteiger partial charge in [-0.05, 0) is 64.8 Å². The van der Waals surface area contributed by atoms with Crippen LogP contribution in [-0.2, 0) is 22.6 Å². The maximum atomic E-state index is 14.6. The fourth-order valence-corrected chi connectivity index (χ4v) is 7.28. The molecule has 0 spiro atoms. The molecule has 0 bridgehead atoms. The van der Waals surface area contributed by atoms with E-state index in [2.05, 4.69) is 4.98 Å². The maximum Gasteiger partial charge on any atom is 0.471 e. The van der Waals surface area contributed by atoms with Gasteiger partial charge in [-0.3, -0.25) is 14.6 Å². The molecule has 1 aromatic heterocycles. The zero-order valence-corrected chi connectivity index (χ0v) is 25.0. The molecule has 0 saturated carbocycles. The van der Waals surface area contributed by atoms with E-state index in [9.17, 15) is 22.8 Å². The zero-order valence-electron chi connectivity index (χ0n) is 25.0. The minimum Gasteiger partial charge on any atom is -0.338 e. The third-order valence-corrected chi connectivity index (χ3v) is 9.39. The van der Waals surface area contributed by atoms with Crippen LogP contribution in [0.2, 0.25) is 0 Å². The van der Waals surface area contributed by atoms with E-state index in [-0.39, 0.29) is 31.8 Å². The Morgan fingerprint density at radius 1 is 0.804 bits per heavy atom. The van der Waals surface area contributed by atoms with Gasteiger partial charge in [0.1, 0.15) is 0 Å². The molecule has 0 unspecified atom stereocenters. The number of piperidine rings is 1. The Bertz CT molecular complexity index is 1860. The van der Waals surface area contributed by atoms with E-state index < -0.39 is 30.1 Å². The lowest BCUT2D eigenvalue weighted by atomic mass is 9.87. The Hall–Kier alpha value is -4.98. The first-order chi connectivity index (χ1) is 22.3. The van der Waals surface area contributed by atoms with Crippen LogP contribution in [0.4, 0.5) is 13.2 Å². The van der Waals surface area contributed by atoms with Crippen LogP contribution in [-0.4, -0.2) is 51.4 Å². The number of alkyl halides is 3. The SMILES string of the molecule is O=C(C1c2ccccc2-c2ccccc21)N1CC[C@H](N(Cc2ccnc3ccccc23)C(=O)C(F)(F)F)C[C@H]1Cc1ccccc1. The minimum atomic E-state index is -5.04. The van der Waals surface area contributed by atoms with Gasteiger partial charge < -0.3 is 9.80 Å². The van der Waals surface area contributed by atoms with Crippen molar-refractivity contribution < 1.29 is 22.8 Å². The van der Waals surface area contributed by atoms with E-state index in [0.29, 0.717) is 22.9 Å². The molecular formula is C38H32F3N3O2. The summed E-state index contributed by atoms with van der Waals surface area (Å²) >= 11 is 0. The minimum absolute atomic E-state index is 0.0643. The average molecular weight is 620 g/mol. The van der Waals surface area contributed by atoms with Gasteiger partial charge in [0.25, 0.3) is 0 Å². The molecule has 5 nitrogen and oxygen atoms in total. The second kappa shape index (κ2) is 12.1. The van der Waals surface area contributed by atoms with E-state index in [4.69, 9.17) is 0 Å². The smallest absolute Gasteiger partial charge is 0.338 e. The van der Waals surface area contributed by atoms with E-state index in [1.165, 1.54) is 0 Å². The summed E-state index contributed by atoms with van der Waals surface area (Å²) in [7, 11) is 0. The van der Waals surface area contributed by atoms with Crippen LogP contribution in [0.5, 0.6) is 0 Å². The number of hydrogen-bond donors (Lipinski definition) is 0. The molecule has 2 amide bonds. The molecule has 1 fully saturated rings. The molecular weight excluding hydrogens is 587 g/mol. The summed E-state index contributed by atoms with van der Waals surface area (Å²) in [6.45, 7) is 0.0297. The second-order valence-electron chi connectivity index (χ2n) is 12.1. The molecule has 4 aromatic carbocycles. The Kier molecular flexibility index (Phi) is 7.80. The number of halogens is 3. The fraction of sp³-hybridized carbons (Fsp3) is 0.237. The van der Waals surface area contributed by atoms with Crippen molar-refractivity contribution in [3.63, 3.8) is 0 Å². The fourth-order valence-electron chi connectivity index (χ4n) is 7.28. The number of rotatable bonds is 6. The van der Waals surface area contributed by atoms with Crippen molar-refractivity contribution in [3.8, 4) is 11.1 Å². The summed E-state index contributed by atoms with van der Waals surface area (Å²) in [5, 5.41) is 0.706. The van der Waals surface area contributed by atoms with E-state index in [0.717, 1.165) is 32.7 Å². The quantitative estimate of drug-likeness (QED) is 0.197. The number of pyridine rings is 1. The van der Waals surface area contributed by atoms with Crippen molar-refractivity contribution in [2.45, 2.75) is 50.0 Å². The largest absolute Gasteiger partial charge is 0.471 e. The Morgan fingerprint density at radius 3 is 2.13 bits per heavy atom. The Morgan fingerprint density at radius 2 is 1.43 bits per heavy atom. The lowest BCUT2D eigenvalue weighted by Crippen LogP contribution is -2.56. The van der Waals surface area contributed by atoms with Gasteiger partial charge in [0.05, 0.1) is 11.4 Å². The van der Waals surface area contributed by atoms with Crippen molar-refractivity contribution >= 4 is 22.7 Å². The normalized spacial score (nSPS) is 17.8. The number of aromatic nitrogens is 1. The third kappa shape index (κ3) is 5.53. The molecule has 1 aliphatic heterocycles. The predicted octanol–water partition coefficient (Wildman–Crippen LogP) is 7.54. The number of benzene rings is 4. The summed E-state index contributed by atoms with van der Waals surface area (Å²) in [5.41, 5.74) is 6.15. The summed E-state index contributed by atoms with van der Waals surface area (Å²) < 4.78 is 42.4. The molecule has 2 heterocycles.